The molecular formula is C43H59FO8. The van der Waals surface area contributed by atoms with Crippen molar-refractivity contribution < 1.29 is 42.5 Å². The van der Waals surface area contributed by atoms with Gasteiger partial charge in [-0.2, -0.15) is 0 Å². The van der Waals surface area contributed by atoms with Gasteiger partial charge < -0.3 is 18.9 Å². The maximum Gasteiger partial charge on any atom is 0.333 e. The fourth-order valence-electron chi connectivity index (χ4n) is 7.06. The average molecular weight is 723 g/mol. The molecule has 1 saturated carbocycles. The second-order valence-electron chi connectivity index (χ2n) is 14.0. The van der Waals surface area contributed by atoms with Crippen LogP contribution in [-0.4, -0.2) is 50.8 Å². The van der Waals surface area contributed by atoms with Crippen molar-refractivity contribution in [1.82, 2.24) is 0 Å². The molecule has 286 valence electrons. The molecule has 1 atom stereocenters. The topological polar surface area (TPSA) is 105 Å². The molecule has 0 amide bonds. The van der Waals surface area contributed by atoms with E-state index >= 15 is 4.39 Å². The Kier molecular flexibility index (Phi) is 18.1. The minimum Gasteiger partial charge on any atom is -0.469 e. The highest BCUT2D eigenvalue weighted by atomic mass is 19.1. The van der Waals surface area contributed by atoms with E-state index in [1.165, 1.54) is 45.6 Å². The van der Waals surface area contributed by atoms with E-state index in [1.54, 1.807) is 19.9 Å². The fraction of sp³-hybridized carbons (Fsp3) is 0.581. The minimum absolute atomic E-state index is 0.166. The van der Waals surface area contributed by atoms with Gasteiger partial charge in [-0.15, -0.1) is 0 Å². The largest absolute Gasteiger partial charge is 0.469 e. The summed E-state index contributed by atoms with van der Waals surface area (Å²) in [6.45, 7) is 11.3. The molecule has 0 spiro atoms. The average Bonchev–Trinajstić information content (AvgIpc) is 3.13. The monoisotopic (exact) mass is 722 g/mol. The van der Waals surface area contributed by atoms with E-state index in [-0.39, 0.29) is 25.6 Å². The molecule has 0 heterocycles. The van der Waals surface area contributed by atoms with Crippen LogP contribution in [-0.2, 0) is 57.4 Å². The molecular weight excluding hydrogens is 663 g/mol. The van der Waals surface area contributed by atoms with Gasteiger partial charge in [0.2, 0.25) is 0 Å². The summed E-state index contributed by atoms with van der Waals surface area (Å²) in [5.74, 6) is -2.29. The number of aryl methyl sites for hydroxylation is 3. The van der Waals surface area contributed by atoms with Gasteiger partial charge in [-0.1, -0.05) is 70.4 Å². The van der Waals surface area contributed by atoms with Gasteiger partial charge in [-0.3, -0.25) is 14.4 Å². The zero-order valence-corrected chi connectivity index (χ0v) is 32.0. The highest BCUT2D eigenvalue weighted by Gasteiger charge is 2.26. The Morgan fingerprint density at radius 1 is 0.846 bits per heavy atom. The van der Waals surface area contributed by atoms with Crippen molar-refractivity contribution in [1.29, 1.82) is 0 Å². The van der Waals surface area contributed by atoms with Crippen LogP contribution in [0.4, 0.5) is 4.39 Å². The lowest BCUT2D eigenvalue weighted by Gasteiger charge is -2.29. The molecule has 0 aromatic heterocycles. The normalized spacial score (nSPS) is 16.1. The number of carbonyl (C=O) groups is 4. The highest BCUT2D eigenvalue weighted by Crippen LogP contribution is 2.40. The molecule has 0 aliphatic heterocycles. The summed E-state index contributed by atoms with van der Waals surface area (Å²) in [5.41, 5.74) is 5.67. The van der Waals surface area contributed by atoms with Crippen molar-refractivity contribution in [3.05, 3.63) is 70.6 Å². The smallest absolute Gasteiger partial charge is 0.333 e. The zero-order chi connectivity index (χ0) is 38.0. The Morgan fingerprint density at radius 2 is 1.58 bits per heavy atom. The first-order valence-corrected chi connectivity index (χ1v) is 19.2. The van der Waals surface area contributed by atoms with Crippen LogP contribution in [0.2, 0.25) is 0 Å². The summed E-state index contributed by atoms with van der Waals surface area (Å²) in [5, 5.41) is 0. The predicted octanol–water partition coefficient (Wildman–Crippen LogP) is 9.18. The number of methoxy groups -OCH3 is 1. The first kappa shape index (κ1) is 42.4. The van der Waals surface area contributed by atoms with Crippen LogP contribution in [0.25, 0.3) is 11.1 Å². The number of halogens is 1. The van der Waals surface area contributed by atoms with E-state index in [0.717, 1.165) is 46.6 Å². The third kappa shape index (κ3) is 13.2. The summed E-state index contributed by atoms with van der Waals surface area (Å²) in [6, 6.07) is 9.85. The first-order valence-electron chi connectivity index (χ1n) is 19.2. The molecule has 0 radical (unpaired) electrons. The quantitative estimate of drug-likeness (QED) is 0.0413. The number of ether oxygens (including phenoxy) is 4. The predicted molar refractivity (Wildman–Crippen MR) is 200 cm³/mol. The number of esters is 4. The summed E-state index contributed by atoms with van der Waals surface area (Å²) < 4.78 is 36.5. The van der Waals surface area contributed by atoms with E-state index in [4.69, 9.17) is 14.2 Å². The van der Waals surface area contributed by atoms with E-state index < -0.39 is 36.2 Å². The number of hydrogen-bond acceptors (Lipinski definition) is 8. The number of carbonyl (C=O) groups excluding carboxylic acids is 4. The minimum atomic E-state index is -0.785. The van der Waals surface area contributed by atoms with Gasteiger partial charge in [-0.05, 0) is 117 Å². The molecule has 0 N–H and O–H groups in total. The lowest BCUT2D eigenvalue weighted by molar-refractivity contribution is -0.157. The number of unbranched alkanes of at least 4 members (excludes halogenated alkanes) is 2. The maximum atomic E-state index is 16.1. The van der Waals surface area contributed by atoms with Gasteiger partial charge >= 0.3 is 23.9 Å². The van der Waals surface area contributed by atoms with Gasteiger partial charge in [0.25, 0.3) is 0 Å². The molecule has 2 aromatic carbocycles. The van der Waals surface area contributed by atoms with Gasteiger partial charge in [0.1, 0.15) is 18.8 Å². The summed E-state index contributed by atoms with van der Waals surface area (Å²) in [6.07, 6.45) is 11.7. The fourth-order valence-corrected chi connectivity index (χ4v) is 7.06. The molecule has 1 aliphatic carbocycles. The van der Waals surface area contributed by atoms with Crippen molar-refractivity contribution in [3.63, 3.8) is 0 Å². The van der Waals surface area contributed by atoms with Crippen molar-refractivity contribution in [3.8, 4) is 11.1 Å². The van der Waals surface area contributed by atoms with Gasteiger partial charge in [0, 0.05) is 11.1 Å². The van der Waals surface area contributed by atoms with Crippen LogP contribution in [0, 0.1) is 17.7 Å². The number of rotatable bonds is 21. The zero-order valence-electron chi connectivity index (χ0n) is 32.0. The Morgan fingerprint density at radius 3 is 2.21 bits per heavy atom. The van der Waals surface area contributed by atoms with Crippen LogP contribution in [0.15, 0.2) is 42.5 Å². The Hall–Kier alpha value is -4.01. The third-order valence-electron chi connectivity index (χ3n) is 10.1. The van der Waals surface area contributed by atoms with Gasteiger partial charge in [0.05, 0.1) is 26.2 Å². The molecule has 9 heteroatoms. The molecule has 8 nitrogen and oxygen atoms in total. The van der Waals surface area contributed by atoms with E-state index in [0.29, 0.717) is 49.2 Å². The first-order chi connectivity index (χ1) is 25.0. The lowest BCUT2D eigenvalue weighted by atomic mass is 9.76. The standard InChI is InChI=1S/C43H59FO8/c1-7-10-11-13-30-15-17-32(18-16-30)35-21-22-37(39(44)26-35)38-25-33(14-12-23-51-42(47)29(4)5)34(24-31(38)8-2)19-20-36(43(48)50-9-3)28-52-41(46)27-40(45)49-6/h21-22,24-26,30,32,36H,4,7-20,23,27-28H2,1-3,5-6H3. The molecule has 3 rings (SSSR count). The Balaban J connectivity index is 1.86. The molecule has 1 unspecified atom stereocenters. The van der Waals surface area contributed by atoms with Crippen molar-refractivity contribution in [2.24, 2.45) is 11.8 Å². The van der Waals surface area contributed by atoms with E-state index in [1.807, 2.05) is 19.1 Å². The second kappa shape index (κ2) is 22.1. The number of hydrogen-bond donors (Lipinski definition) is 0. The van der Waals surface area contributed by atoms with Crippen molar-refractivity contribution >= 4 is 23.9 Å². The van der Waals surface area contributed by atoms with Crippen molar-refractivity contribution in [2.45, 2.75) is 124 Å². The Bertz CT molecular complexity index is 1510. The second-order valence-corrected chi connectivity index (χ2v) is 14.0. The van der Waals surface area contributed by atoms with Gasteiger partial charge in [0.15, 0.2) is 0 Å². The molecule has 1 aliphatic rings. The van der Waals surface area contributed by atoms with Crippen LogP contribution in [0.3, 0.4) is 0 Å². The summed E-state index contributed by atoms with van der Waals surface area (Å²) in [4.78, 5) is 48.6. The third-order valence-corrected chi connectivity index (χ3v) is 10.1. The molecule has 2 aromatic rings. The van der Waals surface area contributed by atoms with E-state index in [9.17, 15) is 19.2 Å². The van der Waals surface area contributed by atoms with Crippen LogP contribution >= 0.6 is 0 Å². The molecule has 0 saturated heterocycles. The maximum absolute atomic E-state index is 16.1. The highest BCUT2D eigenvalue weighted by molar-refractivity contribution is 5.91. The lowest BCUT2D eigenvalue weighted by Crippen LogP contribution is -2.26. The van der Waals surface area contributed by atoms with Crippen LogP contribution in [0.1, 0.15) is 126 Å². The molecule has 1 fully saturated rings. The van der Waals surface area contributed by atoms with E-state index in [2.05, 4.69) is 30.4 Å². The Labute approximate surface area is 309 Å². The molecule has 52 heavy (non-hydrogen) atoms. The van der Waals surface area contributed by atoms with Crippen LogP contribution in [0.5, 0.6) is 0 Å². The summed E-state index contributed by atoms with van der Waals surface area (Å²) in [7, 11) is 1.18. The summed E-state index contributed by atoms with van der Waals surface area (Å²) >= 11 is 0. The van der Waals surface area contributed by atoms with Crippen LogP contribution < -0.4 is 0 Å². The molecule has 0 bridgehead atoms. The number of benzene rings is 2. The van der Waals surface area contributed by atoms with Crippen molar-refractivity contribution in [2.75, 3.05) is 26.9 Å². The SMILES string of the molecule is C=C(C)C(=O)OCCCc1cc(-c2ccc(C3CCC(CCCCC)CC3)cc2F)c(CC)cc1CCC(COC(=O)CC(=O)OC)C(=O)OCC. The van der Waals surface area contributed by atoms with Gasteiger partial charge in [-0.25, -0.2) is 9.18 Å².